The Bertz CT molecular complexity index is 747. The molecule has 0 unspecified atom stereocenters. The number of fused-ring (bicyclic) bond motifs is 1. The zero-order valence-corrected chi connectivity index (χ0v) is 15.8. The molecule has 132 valence electrons. The van der Waals surface area contributed by atoms with Crippen molar-refractivity contribution in [3.8, 4) is 0 Å². The molecule has 25 heavy (non-hydrogen) atoms. The molecule has 1 aliphatic rings. The molecule has 5 nitrogen and oxygen atoms in total. The van der Waals surface area contributed by atoms with E-state index in [9.17, 15) is 9.59 Å². The molecule has 0 radical (unpaired) electrons. The Kier molecular flexibility index (Phi) is 5.78. The molecule has 2 heterocycles. The van der Waals surface area contributed by atoms with Crippen LogP contribution in [0.1, 0.15) is 17.3 Å². The third kappa shape index (κ3) is 4.42. The quantitative estimate of drug-likeness (QED) is 0.815. The molecule has 0 spiro atoms. The number of benzene rings is 1. The zero-order chi connectivity index (χ0) is 17.8. The monoisotopic (exact) mass is 375 g/mol. The van der Waals surface area contributed by atoms with Gasteiger partial charge in [-0.05, 0) is 37.7 Å². The van der Waals surface area contributed by atoms with E-state index >= 15 is 0 Å². The summed E-state index contributed by atoms with van der Waals surface area (Å²) in [5.41, 5.74) is 0.819. The van der Waals surface area contributed by atoms with Gasteiger partial charge < -0.3 is 15.5 Å². The highest BCUT2D eigenvalue weighted by Gasteiger charge is 2.29. The van der Waals surface area contributed by atoms with E-state index in [0.29, 0.717) is 6.54 Å². The molecule has 3 rings (SSSR count). The van der Waals surface area contributed by atoms with Gasteiger partial charge in [0.1, 0.15) is 0 Å². The van der Waals surface area contributed by atoms with Crippen molar-refractivity contribution in [2.75, 3.05) is 26.0 Å². The fourth-order valence-electron chi connectivity index (χ4n) is 2.70. The molecule has 1 aromatic carbocycles. The van der Waals surface area contributed by atoms with Crippen LogP contribution < -0.4 is 10.6 Å². The Morgan fingerprint density at radius 3 is 2.80 bits per heavy atom. The van der Waals surface area contributed by atoms with Crippen LogP contribution in [-0.2, 0) is 9.59 Å². The maximum Gasteiger partial charge on any atom is 0.238 e. The minimum atomic E-state index is -0.394. The Labute approximate surface area is 155 Å². The smallest absolute Gasteiger partial charge is 0.238 e. The summed E-state index contributed by atoms with van der Waals surface area (Å²) in [6, 6.07) is 11.9. The highest BCUT2D eigenvalue weighted by atomic mass is 32.2. The first-order valence-electron chi connectivity index (χ1n) is 8.07. The molecule has 2 atom stereocenters. The van der Waals surface area contributed by atoms with Gasteiger partial charge in [-0.1, -0.05) is 18.2 Å². The van der Waals surface area contributed by atoms with E-state index in [1.165, 1.54) is 16.6 Å². The fraction of sp³-hybridized carbons (Fsp3) is 0.333. The first-order valence-corrected chi connectivity index (χ1v) is 9.83. The number of carbonyl (C=O) groups excluding carboxylic acids is 2. The van der Waals surface area contributed by atoms with Crippen LogP contribution in [-0.4, -0.2) is 42.6 Å². The van der Waals surface area contributed by atoms with Gasteiger partial charge in [0.25, 0.3) is 0 Å². The maximum atomic E-state index is 12.3. The number of nitrogens with one attached hydrogen (secondary N) is 2. The molecule has 2 N–H and O–H groups in total. The molecular weight excluding hydrogens is 354 g/mol. The van der Waals surface area contributed by atoms with Gasteiger partial charge in [-0.25, -0.2) is 0 Å². The SMILES string of the molecule is CN(C)[C@H](CNC(=O)C[C@H]1Sc2ccccc2NC1=O)c1cccs1. The van der Waals surface area contributed by atoms with E-state index in [1.807, 2.05) is 49.8 Å². The van der Waals surface area contributed by atoms with Gasteiger partial charge in [0.05, 0.1) is 17.0 Å². The van der Waals surface area contributed by atoms with Crippen molar-refractivity contribution in [2.45, 2.75) is 22.6 Å². The van der Waals surface area contributed by atoms with Crippen LogP contribution in [0.15, 0.2) is 46.7 Å². The van der Waals surface area contributed by atoms with Crippen molar-refractivity contribution in [1.29, 1.82) is 0 Å². The average molecular weight is 376 g/mol. The molecule has 0 saturated heterocycles. The number of anilines is 1. The Morgan fingerprint density at radius 2 is 2.08 bits per heavy atom. The number of thiophene rings is 1. The zero-order valence-electron chi connectivity index (χ0n) is 14.2. The van der Waals surface area contributed by atoms with Gasteiger partial charge in [-0.2, -0.15) is 0 Å². The van der Waals surface area contributed by atoms with Crippen LogP contribution in [0.2, 0.25) is 0 Å². The summed E-state index contributed by atoms with van der Waals surface area (Å²) >= 11 is 3.13. The van der Waals surface area contributed by atoms with Crippen LogP contribution in [0.5, 0.6) is 0 Å². The van der Waals surface area contributed by atoms with Crippen LogP contribution in [0.25, 0.3) is 0 Å². The number of amides is 2. The van der Waals surface area contributed by atoms with Gasteiger partial charge in [0.15, 0.2) is 0 Å². The Hall–Kier alpha value is -1.83. The van der Waals surface area contributed by atoms with Crippen molar-refractivity contribution in [2.24, 2.45) is 0 Å². The van der Waals surface area contributed by atoms with Gasteiger partial charge in [0, 0.05) is 22.7 Å². The topological polar surface area (TPSA) is 61.4 Å². The fourth-order valence-corrected chi connectivity index (χ4v) is 4.73. The number of thioether (sulfide) groups is 1. The van der Waals surface area contributed by atoms with Gasteiger partial charge in [-0.15, -0.1) is 23.1 Å². The highest BCUT2D eigenvalue weighted by molar-refractivity contribution is 8.01. The number of para-hydroxylation sites is 1. The summed E-state index contributed by atoms with van der Waals surface area (Å²) < 4.78 is 0. The minimum absolute atomic E-state index is 0.101. The lowest BCUT2D eigenvalue weighted by molar-refractivity contribution is -0.124. The summed E-state index contributed by atoms with van der Waals surface area (Å²) in [7, 11) is 4.00. The lowest BCUT2D eigenvalue weighted by Crippen LogP contribution is -2.38. The molecule has 0 aliphatic carbocycles. The molecule has 0 saturated carbocycles. The summed E-state index contributed by atoms with van der Waals surface area (Å²) in [5.74, 6) is -0.211. The molecule has 2 aromatic rings. The lowest BCUT2D eigenvalue weighted by Gasteiger charge is -2.25. The molecule has 7 heteroatoms. The maximum absolute atomic E-state index is 12.3. The number of likely N-dealkylation sites (N-methyl/N-ethyl adjacent to an activating group) is 1. The second-order valence-electron chi connectivity index (χ2n) is 6.09. The van der Waals surface area contributed by atoms with Crippen LogP contribution in [0.4, 0.5) is 5.69 Å². The summed E-state index contributed by atoms with van der Waals surface area (Å²) in [5, 5.41) is 7.49. The first-order chi connectivity index (χ1) is 12.0. The third-order valence-corrected chi connectivity index (χ3v) is 6.31. The number of hydrogen-bond acceptors (Lipinski definition) is 5. The molecular formula is C18H21N3O2S2. The third-order valence-electron chi connectivity index (χ3n) is 4.06. The van der Waals surface area contributed by atoms with E-state index in [0.717, 1.165) is 10.6 Å². The predicted octanol–water partition coefficient (Wildman–Crippen LogP) is 2.97. The van der Waals surface area contributed by atoms with E-state index in [2.05, 4.69) is 21.6 Å². The van der Waals surface area contributed by atoms with Crippen LogP contribution in [0, 0.1) is 0 Å². The molecule has 2 amide bonds. The molecule has 0 bridgehead atoms. The van der Waals surface area contributed by atoms with Crippen LogP contribution in [0.3, 0.4) is 0 Å². The largest absolute Gasteiger partial charge is 0.354 e. The predicted molar refractivity (Wildman–Crippen MR) is 103 cm³/mol. The van der Waals surface area contributed by atoms with Gasteiger partial charge in [-0.3, -0.25) is 9.59 Å². The first kappa shape index (κ1) is 18.0. The summed E-state index contributed by atoms with van der Waals surface area (Å²) in [6.07, 6.45) is 0.176. The van der Waals surface area contributed by atoms with E-state index < -0.39 is 5.25 Å². The number of rotatable bonds is 6. The normalized spacial score (nSPS) is 17.7. The van der Waals surface area contributed by atoms with Crippen LogP contribution >= 0.6 is 23.1 Å². The summed E-state index contributed by atoms with van der Waals surface area (Å²) in [4.78, 5) is 28.9. The van der Waals surface area contributed by atoms with Crippen molar-refractivity contribution < 1.29 is 9.59 Å². The Morgan fingerprint density at radius 1 is 1.28 bits per heavy atom. The van der Waals surface area contributed by atoms with E-state index in [1.54, 1.807) is 11.3 Å². The molecule has 1 aliphatic heterocycles. The van der Waals surface area contributed by atoms with E-state index in [4.69, 9.17) is 0 Å². The van der Waals surface area contributed by atoms with Crippen molar-refractivity contribution in [1.82, 2.24) is 10.2 Å². The Balaban J connectivity index is 1.57. The summed E-state index contributed by atoms with van der Waals surface area (Å²) in [6.45, 7) is 0.530. The number of carbonyl (C=O) groups is 2. The van der Waals surface area contributed by atoms with E-state index in [-0.39, 0.29) is 24.3 Å². The second kappa shape index (κ2) is 8.03. The highest BCUT2D eigenvalue weighted by Crippen LogP contribution is 2.36. The van der Waals surface area contributed by atoms with Crippen molar-refractivity contribution >= 4 is 40.6 Å². The van der Waals surface area contributed by atoms with Gasteiger partial charge >= 0.3 is 0 Å². The average Bonchev–Trinajstić information content (AvgIpc) is 3.09. The molecule has 0 fully saturated rings. The number of hydrogen-bond donors (Lipinski definition) is 2. The number of nitrogens with zero attached hydrogens (tertiary/aromatic N) is 1. The minimum Gasteiger partial charge on any atom is -0.354 e. The second-order valence-corrected chi connectivity index (χ2v) is 8.32. The lowest BCUT2D eigenvalue weighted by atomic mass is 10.2. The van der Waals surface area contributed by atoms with Gasteiger partial charge in [0.2, 0.25) is 11.8 Å². The molecule has 1 aromatic heterocycles. The van der Waals surface area contributed by atoms with Crippen molar-refractivity contribution in [3.05, 3.63) is 46.7 Å². The van der Waals surface area contributed by atoms with Crippen molar-refractivity contribution in [3.63, 3.8) is 0 Å². The standard InChI is InChI=1S/C18H21N3O2S2/c1-21(2)13(15-8-5-9-24-15)11-19-17(22)10-16-18(23)20-12-6-3-4-7-14(12)25-16/h3-9,13,16H,10-11H2,1-2H3,(H,19,22)(H,20,23)/t13-,16-/m1/s1.